The molecule has 1 aromatic carbocycles. The molecule has 0 N–H and O–H groups in total. The third kappa shape index (κ3) is 2.16. The van der Waals surface area contributed by atoms with Gasteiger partial charge in [0, 0.05) is 12.1 Å². The number of hydrogen-bond acceptors (Lipinski definition) is 2. The largest absolute Gasteiger partial charge is 0.293 e. The van der Waals surface area contributed by atoms with Crippen LogP contribution in [0.15, 0.2) is 42.7 Å². The number of aromatic nitrogens is 1. The van der Waals surface area contributed by atoms with Gasteiger partial charge in [0.2, 0.25) is 0 Å². The predicted octanol–water partition coefficient (Wildman–Crippen LogP) is 3.52. The molecule has 2 aromatic rings. The molecule has 1 aliphatic carbocycles. The first-order chi connectivity index (χ1) is 9.27. The Morgan fingerprint density at radius 2 is 2.11 bits per heavy atom. The average molecular weight is 255 g/mol. The van der Waals surface area contributed by atoms with Gasteiger partial charge in [0.15, 0.2) is 11.6 Å². The van der Waals surface area contributed by atoms with Gasteiger partial charge in [-0.3, -0.25) is 9.78 Å². The molecule has 96 valence electrons. The lowest BCUT2D eigenvalue weighted by molar-refractivity contribution is 0.0946. The summed E-state index contributed by atoms with van der Waals surface area (Å²) < 4.78 is 13.7. The Balaban J connectivity index is 2.00. The molecule has 1 unspecified atom stereocenters. The molecule has 0 saturated heterocycles. The van der Waals surface area contributed by atoms with Gasteiger partial charge in [0.1, 0.15) is 0 Å². The normalized spacial score (nSPS) is 17.8. The number of hydrogen-bond donors (Lipinski definition) is 0. The van der Waals surface area contributed by atoms with E-state index in [4.69, 9.17) is 0 Å². The number of halogens is 1. The summed E-state index contributed by atoms with van der Waals surface area (Å²) in [5.74, 6) is -0.885. The summed E-state index contributed by atoms with van der Waals surface area (Å²) in [5.41, 5.74) is 2.41. The van der Waals surface area contributed by atoms with Crippen molar-refractivity contribution in [2.75, 3.05) is 0 Å². The fraction of sp³-hybridized carbons (Fsp3) is 0.250. The zero-order chi connectivity index (χ0) is 13.2. The van der Waals surface area contributed by atoms with Crippen LogP contribution in [0.5, 0.6) is 0 Å². The van der Waals surface area contributed by atoms with E-state index in [1.807, 2.05) is 18.2 Å². The molecule has 0 bridgehead atoms. The van der Waals surface area contributed by atoms with Crippen LogP contribution in [0.2, 0.25) is 0 Å². The molecule has 1 atom stereocenters. The van der Waals surface area contributed by atoms with Gasteiger partial charge in [-0.1, -0.05) is 24.3 Å². The van der Waals surface area contributed by atoms with E-state index in [9.17, 15) is 9.18 Å². The van der Waals surface area contributed by atoms with E-state index in [2.05, 4.69) is 11.1 Å². The maximum Gasteiger partial charge on any atom is 0.173 e. The van der Waals surface area contributed by atoms with E-state index in [0.717, 1.165) is 31.0 Å². The third-order valence-electron chi connectivity index (χ3n) is 3.72. The van der Waals surface area contributed by atoms with Crippen LogP contribution in [0.1, 0.15) is 40.2 Å². The first-order valence-electron chi connectivity index (χ1n) is 6.49. The number of benzene rings is 1. The summed E-state index contributed by atoms with van der Waals surface area (Å²) >= 11 is 0. The second-order valence-electron chi connectivity index (χ2n) is 4.86. The van der Waals surface area contributed by atoms with E-state index in [1.165, 1.54) is 17.8 Å². The Bertz CT molecular complexity index is 624. The van der Waals surface area contributed by atoms with Gasteiger partial charge in [-0.05, 0) is 36.5 Å². The number of Topliss-reactive ketones (excluding diaryl/α,β-unsaturated/α-hetero) is 1. The van der Waals surface area contributed by atoms with Crippen molar-refractivity contribution in [1.29, 1.82) is 0 Å². The van der Waals surface area contributed by atoms with Crippen LogP contribution in [0.4, 0.5) is 4.39 Å². The Labute approximate surface area is 111 Å². The van der Waals surface area contributed by atoms with E-state index in [1.54, 1.807) is 0 Å². The molecule has 19 heavy (non-hydrogen) atoms. The minimum absolute atomic E-state index is 0.132. The second-order valence-corrected chi connectivity index (χ2v) is 4.86. The highest BCUT2D eigenvalue weighted by Crippen LogP contribution is 2.34. The number of rotatable bonds is 2. The number of nitrogens with zero attached hydrogens (tertiary/aromatic N) is 1. The highest BCUT2D eigenvalue weighted by molar-refractivity contribution is 6.01. The van der Waals surface area contributed by atoms with Gasteiger partial charge in [-0.2, -0.15) is 0 Å². The third-order valence-corrected chi connectivity index (χ3v) is 3.72. The van der Waals surface area contributed by atoms with Crippen LogP contribution in [-0.2, 0) is 6.42 Å². The quantitative estimate of drug-likeness (QED) is 0.768. The highest BCUT2D eigenvalue weighted by atomic mass is 19.1. The number of carbonyl (C=O) groups is 1. The van der Waals surface area contributed by atoms with Gasteiger partial charge < -0.3 is 0 Å². The lowest BCUT2D eigenvalue weighted by Gasteiger charge is -2.24. The summed E-state index contributed by atoms with van der Waals surface area (Å²) in [6.07, 6.45) is 5.32. The average Bonchev–Trinajstić information content (AvgIpc) is 2.46. The summed E-state index contributed by atoms with van der Waals surface area (Å²) in [4.78, 5) is 16.2. The molecule has 3 heteroatoms. The molecule has 2 nitrogen and oxygen atoms in total. The van der Waals surface area contributed by atoms with Crippen molar-refractivity contribution in [2.24, 2.45) is 0 Å². The van der Waals surface area contributed by atoms with Gasteiger partial charge >= 0.3 is 0 Å². The smallest absolute Gasteiger partial charge is 0.173 e. The maximum absolute atomic E-state index is 13.7. The van der Waals surface area contributed by atoms with Crippen LogP contribution in [0, 0.1) is 5.82 Å². The standard InChI is InChI=1S/C16H14FNO/c17-15-10-18-9-8-14(15)16(19)13-7-3-5-11-4-1-2-6-12(11)13/h1-2,4,6,8-10,13H,3,5,7H2. The molecule has 0 amide bonds. The first kappa shape index (κ1) is 12.0. The van der Waals surface area contributed by atoms with Crippen LogP contribution in [-0.4, -0.2) is 10.8 Å². The molecular formula is C16H14FNO. The minimum Gasteiger partial charge on any atom is -0.293 e. The SMILES string of the molecule is O=C(c1ccncc1F)C1CCCc2ccccc21. The number of ketones is 1. The second kappa shape index (κ2) is 4.92. The molecule has 0 aliphatic heterocycles. The summed E-state index contributed by atoms with van der Waals surface area (Å²) in [6, 6.07) is 9.43. The molecular weight excluding hydrogens is 241 g/mol. The van der Waals surface area contributed by atoms with Crippen molar-refractivity contribution < 1.29 is 9.18 Å². The number of pyridine rings is 1. The van der Waals surface area contributed by atoms with E-state index in [-0.39, 0.29) is 17.3 Å². The van der Waals surface area contributed by atoms with Crippen molar-refractivity contribution >= 4 is 5.78 Å². The van der Waals surface area contributed by atoms with E-state index < -0.39 is 5.82 Å². The lowest BCUT2D eigenvalue weighted by atomic mass is 9.79. The molecule has 0 fully saturated rings. The Morgan fingerprint density at radius 1 is 1.26 bits per heavy atom. The summed E-state index contributed by atoms with van der Waals surface area (Å²) in [6.45, 7) is 0. The van der Waals surface area contributed by atoms with Crippen molar-refractivity contribution in [3.63, 3.8) is 0 Å². The summed E-state index contributed by atoms with van der Waals surface area (Å²) in [5, 5.41) is 0. The molecule has 0 radical (unpaired) electrons. The van der Waals surface area contributed by atoms with Crippen molar-refractivity contribution in [3.05, 3.63) is 65.2 Å². The first-order valence-corrected chi connectivity index (χ1v) is 6.49. The number of fused-ring (bicyclic) bond motifs is 1. The van der Waals surface area contributed by atoms with E-state index in [0.29, 0.717) is 0 Å². The Kier molecular flexibility index (Phi) is 3.11. The molecule has 1 heterocycles. The van der Waals surface area contributed by atoms with Gasteiger partial charge in [-0.25, -0.2) is 4.39 Å². The van der Waals surface area contributed by atoms with Crippen molar-refractivity contribution in [2.45, 2.75) is 25.2 Å². The van der Waals surface area contributed by atoms with Crippen LogP contribution in [0.25, 0.3) is 0 Å². The Hall–Kier alpha value is -2.03. The van der Waals surface area contributed by atoms with Crippen LogP contribution >= 0.6 is 0 Å². The maximum atomic E-state index is 13.7. The minimum atomic E-state index is -0.532. The molecule has 3 rings (SSSR count). The monoisotopic (exact) mass is 255 g/mol. The number of carbonyl (C=O) groups excluding carboxylic acids is 1. The van der Waals surface area contributed by atoms with Crippen LogP contribution in [0.3, 0.4) is 0 Å². The van der Waals surface area contributed by atoms with Gasteiger partial charge in [0.25, 0.3) is 0 Å². The summed E-state index contributed by atoms with van der Waals surface area (Å²) in [7, 11) is 0. The number of aryl methyl sites for hydroxylation is 1. The highest BCUT2D eigenvalue weighted by Gasteiger charge is 2.28. The zero-order valence-electron chi connectivity index (χ0n) is 10.5. The van der Waals surface area contributed by atoms with E-state index >= 15 is 0 Å². The zero-order valence-corrected chi connectivity index (χ0v) is 10.5. The molecule has 0 saturated carbocycles. The predicted molar refractivity (Wildman–Crippen MR) is 70.6 cm³/mol. The fourth-order valence-corrected chi connectivity index (χ4v) is 2.79. The fourth-order valence-electron chi connectivity index (χ4n) is 2.79. The molecule has 1 aromatic heterocycles. The molecule has 1 aliphatic rings. The van der Waals surface area contributed by atoms with Gasteiger partial charge in [0.05, 0.1) is 11.8 Å². The van der Waals surface area contributed by atoms with Crippen LogP contribution < -0.4 is 0 Å². The molecule has 0 spiro atoms. The van der Waals surface area contributed by atoms with Crippen molar-refractivity contribution in [3.8, 4) is 0 Å². The van der Waals surface area contributed by atoms with Gasteiger partial charge in [-0.15, -0.1) is 0 Å². The topological polar surface area (TPSA) is 30.0 Å². The van der Waals surface area contributed by atoms with Crippen molar-refractivity contribution in [1.82, 2.24) is 4.98 Å². The lowest BCUT2D eigenvalue weighted by Crippen LogP contribution is -2.19. The Morgan fingerprint density at radius 3 is 2.95 bits per heavy atom.